The van der Waals surface area contributed by atoms with Crippen LogP contribution in [0.2, 0.25) is 0 Å². The molecule has 0 saturated heterocycles. The van der Waals surface area contributed by atoms with E-state index in [1.54, 1.807) is 0 Å². The van der Waals surface area contributed by atoms with Crippen LogP contribution < -0.4 is 0 Å². The van der Waals surface area contributed by atoms with E-state index in [9.17, 15) is 4.79 Å². The fourth-order valence-electron chi connectivity index (χ4n) is 1.50. The van der Waals surface area contributed by atoms with Crippen molar-refractivity contribution in [2.45, 2.75) is 40.0 Å². The van der Waals surface area contributed by atoms with Gasteiger partial charge < -0.3 is 5.11 Å². The fourth-order valence-corrected chi connectivity index (χ4v) is 1.50. The molecule has 0 aromatic heterocycles. The van der Waals surface area contributed by atoms with E-state index in [-0.39, 0.29) is 6.54 Å². The second kappa shape index (κ2) is 7.80. The van der Waals surface area contributed by atoms with Crippen molar-refractivity contribution in [3.8, 4) is 0 Å². The molecule has 0 atom stereocenters. The van der Waals surface area contributed by atoms with Gasteiger partial charge in [-0.1, -0.05) is 20.8 Å². The largest absolute Gasteiger partial charge is 0.480 e. The molecule has 3 heteroatoms. The van der Waals surface area contributed by atoms with Gasteiger partial charge in [-0.2, -0.15) is 0 Å². The van der Waals surface area contributed by atoms with Crippen LogP contribution in [0, 0.1) is 5.92 Å². The Morgan fingerprint density at radius 2 is 2.00 bits per heavy atom. The number of aliphatic carboxylic acids is 1. The molecule has 0 heterocycles. The first kappa shape index (κ1) is 13.4. The molecule has 3 nitrogen and oxygen atoms in total. The zero-order chi connectivity index (χ0) is 11.0. The number of carboxylic acids is 1. The highest BCUT2D eigenvalue weighted by atomic mass is 16.4. The third-order valence-electron chi connectivity index (χ3n) is 2.15. The molecule has 0 rings (SSSR count). The number of hydrogen-bond acceptors (Lipinski definition) is 2. The van der Waals surface area contributed by atoms with E-state index in [2.05, 4.69) is 20.8 Å². The third-order valence-corrected chi connectivity index (χ3v) is 2.15. The summed E-state index contributed by atoms with van der Waals surface area (Å²) in [5.74, 6) is -0.00805. The van der Waals surface area contributed by atoms with Crippen LogP contribution in [0.15, 0.2) is 0 Å². The van der Waals surface area contributed by atoms with Crippen molar-refractivity contribution in [3.63, 3.8) is 0 Å². The van der Waals surface area contributed by atoms with E-state index in [0.717, 1.165) is 25.9 Å². The highest BCUT2D eigenvalue weighted by molar-refractivity contribution is 5.69. The molecule has 14 heavy (non-hydrogen) atoms. The molecule has 0 amide bonds. The molecule has 0 aliphatic rings. The highest BCUT2D eigenvalue weighted by Gasteiger charge is 2.08. The maximum absolute atomic E-state index is 10.5. The van der Waals surface area contributed by atoms with Crippen molar-refractivity contribution in [3.05, 3.63) is 0 Å². The molecule has 0 bridgehead atoms. The molecule has 1 N–H and O–H groups in total. The van der Waals surface area contributed by atoms with Crippen molar-refractivity contribution in [1.82, 2.24) is 4.90 Å². The Hall–Kier alpha value is -0.570. The first-order valence-electron chi connectivity index (χ1n) is 5.50. The predicted octanol–water partition coefficient (Wildman–Crippen LogP) is 2.22. The van der Waals surface area contributed by atoms with Gasteiger partial charge in [-0.05, 0) is 38.3 Å². The van der Waals surface area contributed by atoms with Gasteiger partial charge in [-0.3, -0.25) is 9.69 Å². The lowest BCUT2D eigenvalue weighted by molar-refractivity contribution is -0.138. The maximum atomic E-state index is 10.5. The smallest absolute Gasteiger partial charge is 0.317 e. The summed E-state index contributed by atoms with van der Waals surface area (Å²) in [7, 11) is 0. The topological polar surface area (TPSA) is 40.5 Å². The van der Waals surface area contributed by atoms with Gasteiger partial charge in [0.05, 0.1) is 6.54 Å². The minimum absolute atomic E-state index is 0.186. The van der Waals surface area contributed by atoms with Gasteiger partial charge in [0.15, 0.2) is 0 Å². The molecule has 84 valence electrons. The number of nitrogens with zero attached hydrogens (tertiary/aromatic N) is 1. The second-order valence-electron chi connectivity index (χ2n) is 4.21. The third kappa shape index (κ3) is 8.05. The molecular weight excluding hydrogens is 178 g/mol. The van der Waals surface area contributed by atoms with Crippen molar-refractivity contribution >= 4 is 5.97 Å². The molecular formula is C11H23NO2. The lowest BCUT2D eigenvalue weighted by Crippen LogP contribution is -2.31. The Morgan fingerprint density at radius 3 is 2.43 bits per heavy atom. The van der Waals surface area contributed by atoms with Gasteiger partial charge in [0, 0.05) is 0 Å². The van der Waals surface area contributed by atoms with Crippen LogP contribution in [0.25, 0.3) is 0 Å². The summed E-state index contributed by atoms with van der Waals surface area (Å²) in [6, 6.07) is 0. The van der Waals surface area contributed by atoms with Crippen molar-refractivity contribution in [2.75, 3.05) is 19.6 Å². The summed E-state index contributed by atoms with van der Waals surface area (Å²) in [6.07, 6.45) is 3.31. The van der Waals surface area contributed by atoms with Crippen LogP contribution in [-0.4, -0.2) is 35.6 Å². The van der Waals surface area contributed by atoms with Crippen molar-refractivity contribution in [1.29, 1.82) is 0 Å². The Labute approximate surface area is 87.1 Å². The van der Waals surface area contributed by atoms with E-state index in [1.807, 2.05) is 4.90 Å². The minimum atomic E-state index is -0.719. The molecule has 0 aromatic carbocycles. The monoisotopic (exact) mass is 201 g/mol. The molecule has 0 aromatic rings. The number of carbonyl (C=O) groups is 1. The van der Waals surface area contributed by atoms with E-state index >= 15 is 0 Å². The molecule has 0 aliphatic heterocycles. The van der Waals surface area contributed by atoms with E-state index in [0.29, 0.717) is 5.92 Å². The molecule has 0 aliphatic carbocycles. The Morgan fingerprint density at radius 1 is 1.36 bits per heavy atom. The average molecular weight is 201 g/mol. The zero-order valence-corrected chi connectivity index (χ0v) is 9.62. The van der Waals surface area contributed by atoms with Crippen LogP contribution in [0.5, 0.6) is 0 Å². The fraction of sp³-hybridized carbons (Fsp3) is 0.909. The number of hydrogen-bond donors (Lipinski definition) is 1. The van der Waals surface area contributed by atoms with E-state index in [1.165, 1.54) is 6.42 Å². The van der Waals surface area contributed by atoms with Gasteiger partial charge in [-0.15, -0.1) is 0 Å². The van der Waals surface area contributed by atoms with Gasteiger partial charge in [0.25, 0.3) is 0 Å². The highest BCUT2D eigenvalue weighted by Crippen LogP contribution is 2.05. The second-order valence-corrected chi connectivity index (χ2v) is 4.21. The van der Waals surface area contributed by atoms with E-state index < -0.39 is 5.97 Å². The normalized spacial score (nSPS) is 11.2. The summed E-state index contributed by atoms with van der Waals surface area (Å²) in [5, 5.41) is 8.68. The molecule has 0 saturated carbocycles. The molecule has 0 spiro atoms. The Balaban J connectivity index is 3.67. The van der Waals surface area contributed by atoms with Crippen LogP contribution >= 0.6 is 0 Å². The summed E-state index contributed by atoms with van der Waals surface area (Å²) < 4.78 is 0. The zero-order valence-electron chi connectivity index (χ0n) is 9.62. The summed E-state index contributed by atoms with van der Waals surface area (Å²) >= 11 is 0. The first-order valence-corrected chi connectivity index (χ1v) is 5.50. The summed E-state index contributed by atoms with van der Waals surface area (Å²) in [4.78, 5) is 12.6. The van der Waals surface area contributed by atoms with Crippen molar-refractivity contribution in [2.24, 2.45) is 5.92 Å². The number of carboxylic acid groups (broad SMARTS) is 1. The van der Waals surface area contributed by atoms with Gasteiger partial charge >= 0.3 is 5.97 Å². The summed E-state index contributed by atoms with van der Waals surface area (Å²) in [6.45, 7) is 8.47. The average Bonchev–Trinajstić information content (AvgIpc) is 2.02. The SMILES string of the molecule is CCCN(CCCC(C)C)CC(=O)O. The predicted molar refractivity (Wildman–Crippen MR) is 58.4 cm³/mol. The van der Waals surface area contributed by atoms with Crippen LogP contribution in [0.3, 0.4) is 0 Å². The summed E-state index contributed by atoms with van der Waals surface area (Å²) in [5.41, 5.74) is 0. The standard InChI is InChI=1S/C11H23NO2/c1-4-7-12(9-11(13)14)8-5-6-10(2)3/h10H,4-9H2,1-3H3,(H,13,14). The van der Waals surface area contributed by atoms with Gasteiger partial charge in [-0.25, -0.2) is 0 Å². The Kier molecular flexibility index (Phi) is 7.48. The van der Waals surface area contributed by atoms with Crippen molar-refractivity contribution < 1.29 is 9.90 Å². The number of rotatable bonds is 8. The van der Waals surface area contributed by atoms with Gasteiger partial charge in [0.2, 0.25) is 0 Å². The quantitative estimate of drug-likeness (QED) is 0.654. The maximum Gasteiger partial charge on any atom is 0.317 e. The lowest BCUT2D eigenvalue weighted by atomic mass is 10.1. The van der Waals surface area contributed by atoms with Crippen LogP contribution in [0.4, 0.5) is 0 Å². The molecule has 0 fully saturated rings. The minimum Gasteiger partial charge on any atom is -0.480 e. The Bertz CT molecular complexity index is 157. The molecule has 0 radical (unpaired) electrons. The van der Waals surface area contributed by atoms with Crippen LogP contribution in [0.1, 0.15) is 40.0 Å². The van der Waals surface area contributed by atoms with Crippen LogP contribution in [-0.2, 0) is 4.79 Å². The van der Waals surface area contributed by atoms with E-state index in [4.69, 9.17) is 5.11 Å². The molecule has 0 unspecified atom stereocenters. The lowest BCUT2D eigenvalue weighted by Gasteiger charge is -2.19. The first-order chi connectivity index (χ1) is 6.56. The van der Waals surface area contributed by atoms with Gasteiger partial charge in [0.1, 0.15) is 0 Å².